The minimum atomic E-state index is 0.195. The maximum atomic E-state index is 6.48. The lowest BCUT2D eigenvalue weighted by Gasteiger charge is -2.27. The van der Waals surface area contributed by atoms with Gasteiger partial charge in [-0.3, -0.25) is 0 Å². The van der Waals surface area contributed by atoms with Gasteiger partial charge in [-0.25, -0.2) is 0 Å². The lowest BCUT2D eigenvalue weighted by atomic mass is 9.80. The van der Waals surface area contributed by atoms with Crippen LogP contribution >= 0.6 is 0 Å². The molecule has 0 amide bonds. The van der Waals surface area contributed by atoms with E-state index < -0.39 is 0 Å². The van der Waals surface area contributed by atoms with Gasteiger partial charge in [0.25, 0.3) is 0 Å². The molecule has 0 heterocycles. The van der Waals surface area contributed by atoms with Gasteiger partial charge in [0.2, 0.25) is 0 Å². The van der Waals surface area contributed by atoms with Gasteiger partial charge in [0.05, 0.1) is 0 Å². The van der Waals surface area contributed by atoms with Crippen molar-refractivity contribution in [1.82, 2.24) is 0 Å². The minimum Gasteiger partial charge on any atom is -0.324 e. The van der Waals surface area contributed by atoms with Crippen LogP contribution < -0.4 is 5.73 Å². The van der Waals surface area contributed by atoms with Gasteiger partial charge in [-0.2, -0.15) is 0 Å². The molecule has 0 saturated carbocycles. The Bertz CT molecular complexity index is 457. The molecule has 1 aliphatic carbocycles. The van der Waals surface area contributed by atoms with E-state index >= 15 is 0 Å². The number of hydrogen-bond acceptors (Lipinski definition) is 1. The molecule has 1 aromatic rings. The Morgan fingerprint density at radius 3 is 2.63 bits per heavy atom. The molecule has 0 aromatic heterocycles. The third kappa shape index (κ3) is 3.02. The third-order valence-electron chi connectivity index (χ3n) is 5.05. The molecule has 1 heteroatoms. The van der Waals surface area contributed by atoms with E-state index in [-0.39, 0.29) is 11.5 Å². The number of fused-ring (bicyclic) bond motifs is 1. The molecule has 2 N–H and O–H groups in total. The van der Waals surface area contributed by atoms with E-state index in [1.165, 1.54) is 29.5 Å². The smallest absolute Gasteiger partial charge is 0.0302 e. The van der Waals surface area contributed by atoms with E-state index in [9.17, 15) is 0 Å². The van der Waals surface area contributed by atoms with Crippen LogP contribution in [0.15, 0.2) is 18.2 Å². The van der Waals surface area contributed by atoms with Crippen molar-refractivity contribution in [3.8, 4) is 0 Å². The van der Waals surface area contributed by atoms with Crippen molar-refractivity contribution in [3.05, 3.63) is 34.9 Å². The first-order valence-corrected chi connectivity index (χ1v) is 7.64. The van der Waals surface area contributed by atoms with Gasteiger partial charge in [0.1, 0.15) is 0 Å². The molecule has 0 fully saturated rings. The Morgan fingerprint density at radius 1 is 1.32 bits per heavy atom. The van der Waals surface area contributed by atoms with Crippen LogP contribution in [0.1, 0.15) is 76.6 Å². The van der Waals surface area contributed by atoms with Crippen molar-refractivity contribution in [3.63, 3.8) is 0 Å². The molecule has 0 aliphatic heterocycles. The van der Waals surface area contributed by atoms with E-state index in [0.29, 0.717) is 5.41 Å². The van der Waals surface area contributed by atoms with Crippen LogP contribution in [0.4, 0.5) is 0 Å². The van der Waals surface area contributed by atoms with Crippen LogP contribution in [0.2, 0.25) is 0 Å². The van der Waals surface area contributed by atoms with Crippen LogP contribution in [-0.2, 0) is 11.8 Å². The molecule has 2 rings (SSSR count). The van der Waals surface area contributed by atoms with Crippen LogP contribution in [0.3, 0.4) is 0 Å². The standard InChI is InChI=1S/C18H29N/c1-6-18(4,5)14-8-7-13-9-10-17(2,3)12-16(19)15(13)11-14/h7-8,11,16H,6,9-10,12,19H2,1-5H3. The molecule has 0 spiro atoms. The zero-order valence-electron chi connectivity index (χ0n) is 13.2. The summed E-state index contributed by atoms with van der Waals surface area (Å²) in [6, 6.07) is 7.21. The highest BCUT2D eigenvalue weighted by Crippen LogP contribution is 2.39. The Labute approximate surface area is 118 Å². The van der Waals surface area contributed by atoms with E-state index in [1.807, 2.05) is 0 Å². The van der Waals surface area contributed by atoms with Crippen molar-refractivity contribution in [1.29, 1.82) is 0 Å². The fraction of sp³-hybridized carbons (Fsp3) is 0.667. The van der Waals surface area contributed by atoms with Crippen molar-refractivity contribution < 1.29 is 0 Å². The van der Waals surface area contributed by atoms with Crippen LogP contribution in [-0.4, -0.2) is 0 Å². The largest absolute Gasteiger partial charge is 0.324 e. The average molecular weight is 259 g/mol. The quantitative estimate of drug-likeness (QED) is 0.763. The predicted octanol–water partition coefficient (Wildman–Crippen LogP) is 4.74. The highest BCUT2D eigenvalue weighted by molar-refractivity contribution is 5.38. The second-order valence-corrected chi connectivity index (χ2v) is 7.63. The van der Waals surface area contributed by atoms with E-state index in [0.717, 1.165) is 12.8 Å². The van der Waals surface area contributed by atoms with Crippen molar-refractivity contribution in [2.45, 2.75) is 71.8 Å². The van der Waals surface area contributed by atoms with E-state index in [2.05, 4.69) is 52.8 Å². The van der Waals surface area contributed by atoms with Crippen LogP contribution in [0, 0.1) is 5.41 Å². The lowest BCUT2D eigenvalue weighted by molar-refractivity contribution is 0.294. The zero-order chi connectivity index (χ0) is 14.3. The number of hydrogen-bond donors (Lipinski definition) is 1. The molecule has 0 bridgehead atoms. The Balaban J connectivity index is 2.41. The summed E-state index contributed by atoms with van der Waals surface area (Å²) in [5, 5.41) is 0. The van der Waals surface area contributed by atoms with E-state index in [1.54, 1.807) is 0 Å². The molecule has 1 atom stereocenters. The first-order valence-electron chi connectivity index (χ1n) is 7.64. The molecule has 1 unspecified atom stereocenters. The summed E-state index contributed by atoms with van der Waals surface area (Å²) in [5.41, 5.74) is 11.4. The number of nitrogens with two attached hydrogens (primary N) is 1. The molecular weight excluding hydrogens is 230 g/mol. The Morgan fingerprint density at radius 2 is 2.00 bits per heavy atom. The van der Waals surface area contributed by atoms with Crippen molar-refractivity contribution >= 4 is 0 Å². The SMILES string of the molecule is CCC(C)(C)c1ccc2c(c1)C(N)CC(C)(C)CC2. The number of aryl methyl sites for hydroxylation is 1. The second-order valence-electron chi connectivity index (χ2n) is 7.63. The van der Waals surface area contributed by atoms with Crippen molar-refractivity contribution in [2.24, 2.45) is 11.1 Å². The summed E-state index contributed by atoms with van der Waals surface area (Å²) in [4.78, 5) is 0. The zero-order valence-corrected chi connectivity index (χ0v) is 13.2. The van der Waals surface area contributed by atoms with Gasteiger partial charge in [0, 0.05) is 6.04 Å². The molecule has 1 aromatic carbocycles. The molecule has 1 nitrogen and oxygen atoms in total. The van der Waals surface area contributed by atoms with Crippen molar-refractivity contribution in [2.75, 3.05) is 0 Å². The van der Waals surface area contributed by atoms with Gasteiger partial charge < -0.3 is 5.73 Å². The van der Waals surface area contributed by atoms with Gasteiger partial charge >= 0.3 is 0 Å². The molecule has 1 aliphatic rings. The van der Waals surface area contributed by atoms with Gasteiger partial charge in [-0.1, -0.05) is 52.8 Å². The summed E-state index contributed by atoms with van der Waals surface area (Å²) in [6.07, 6.45) is 4.66. The molecule has 0 radical (unpaired) electrons. The summed E-state index contributed by atoms with van der Waals surface area (Å²) in [5.74, 6) is 0. The molecular formula is C18H29N. The second kappa shape index (κ2) is 4.94. The Kier molecular flexibility index (Phi) is 3.79. The summed E-state index contributed by atoms with van der Waals surface area (Å²) in [6.45, 7) is 11.6. The topological polar surface area (TPSA) is 26.0 Å². The maximum Gasteiger partial charge on any atom is 0.0302 e. The van der Waals surface area contributed by atoms with Gasteiger partial charge in [0.15, 0.2) is 0 Å². The number of rotatable bonds is 2. The minimum absolute atomic E-state index is 0.195. The van der Waals surface area contributed by atoms with Gasteiger partial charge in [-0.05, 0) is 53.2 Å². The maximum absolute atomic E-state index is 6.48. The fourth-order valence-corrected chi connectivity index (χ4v) is 3.07. The Hall–Kier alpha value is -0.820. The first-order chi connectivity index (χ1) is 8.75. The summed E-state index contributed by atoms with van der Waals surface area (Å²) in [7, 11) is 0. The third-order valence-corrected chi connectivity index (χ3v) is 5.05. The number of benzene rings is 1. The normalized spacial score (nSPS) is 22.7. The highest BCUT2D eigenvalue weighted by atomic mass is 14.6. The molecule has 19 heavy (non-hydrogen) atoms. The van der Waals surface area contributed by atoms with Crippen LogP contribution in [0.25, 0.3) is 0 Å². The average Bonchev–Trinajstić information content (AvgIpc) is 2.46. The molecule has 0 saturated heterocycles. The van der Waals surface area contributed by atoms with Gasteiger partial charge in [-0.15, -0.1) is 0 Å². The lowest BCUT2D eigenvalue weighted by Crippen LogP contribution is -2.20. The first kappa shape index (κ1) is 14.6. The predicted molar refractivity (Wildman–Crippen MR) is 83.4 cm³/mol. The molecule has 106 valence electrons. The fourth-order valence-electron chi connectivity index (χ4n) is 3.07. The van der Waals surface area contributed by atoms with Crippen LogP contribution in [0.5, 0.6) is 0 Å². The summed E-state index contributed by atoms with van der Waals surface area (Å²) >= 11 is 0. The summed E-state index contributed by atoms with van der Waals surface area (Å²) < 4.78 is 0. The highest BCUT2D eigenvalue weighted by Gasteiger charge is 2.28. The monoisotopic (exact) mass is 259 g/mol. The van der Waals surface area contributed by atoms with E-state index in [4.69, 9.17) is 5.73 Å².